The monoisotopic (exact) mass is 351 g/mol. The molecule has 7 heteroatoms. The number of nitriles is 2. The molecule has 0 radical (unpaired) electrons. The highest BCUT2D eigenvalue weighted by Gasteiger charge is 2.21. The first-order chi connectivity index (χ1) is 13.1. The summed E-state index contributed by atoms with van der Waals surface area (Å²) in [6.45, 7) is 1.83. The molecule has 0 saturated carbocycles. The zero-order valence-electron chi connectivity index (χ0n) is 14.4. The third-order valence-corrected chi connectivity index (χ3v) is 4.18. The molecule has 0 aliphatic carbocycles. The van der Waals surface area contributed by atoms with E-state index in [1.54, 1.807) is 35.0 Å². The van der Waals surface area contributed by atoms with Gasteiger partial charge in [0.25, 0.3) is 0 Å². The van der Waals surface area contributed by atoms with Gasteiger partial charge in [0.2, 0.25) is 0 Å². The van der Waals surface area contributed by atoms with E-state index >= 15 is 0 Å². The van der Waals surface area contributed by atoms with Crippen molar-refractivity contribution in [1.82, 2.24) is 19.6 Å². The molecule has 0 aliphatic rings. The van der Waals surface area contributed by atoms with Crippen molar-refractivity contribution in [1.29, 1.82) is 10.5 Å². The number of benzene rings is 1. The molecule has 2 N–H and O–H groups in total. The van der Waals surface area contributed by atoms with E-state index in [-0.39, 0.29) is 5.69 Å². The Labute approximate surface area is 155 Å². The van der Waals surface area contributed by atoms with Gasteiger partial charge >= 0.3 is 0 Å². The molecule has 4 aromatic rings. The van der Waals surface area contributed by atoms with Crippen LogP contribution in [0.1, 0.15) is 17.0 Å². The van der Waals surface area contributed by atoms with Gasteiger partial charge in [0.15, 0.2) is 5.65 Å². The van der Waals surface area contributed by atoms with E-state index in [1.165, 1.54) is 0 Å². The lowest BCUT2D eigenvalue weighted by Gasteiger charge is -2.06. The molecule has 0 bridgehead atoms. The molecule has 0 spiro atoms. The van der Waals surface area contributed by atoms with E-state index in [0.717, 1.165) is 11.3 Å². The highest BCUT2D eigenvalue weighted by molar-refractivity contribution is 5.92. The van der Waals surface area contributed by atoms with Crippen LogP contribution in [0.3, 0.4) is 0 Å². The molecule has 0 aliphatic heterocycles. The molecule has 3 aromatic heterocycles. The van der Waals surface area contributed by atoms with Crippen molar-refractivity contribution < 1.29 is 0 Å². The Bertz CT molecular complexity index is 1270. The Morgan fingerprint density at radius 3 is 2.67 bits per heavy atom. The van der Waals surface area contributed by atoms with E-state index in [4.69, 9.17) is 5.73 Å². The highest BCUT2D eigenvalue weighted by atomic mass is 15.3. The van der Waals surface area contributed by atoms with Gasteiger partial charge in [-0.2, -0.15) is 15.6 Å². The predicted molar refractivity (Wildman–Crippen MR) is 100 cm³/mol. The maximum absolute atomic E-state index is 9.58. The number of nitrogens with zero attached hydrogens (tertiary/aromatic N) is 6. The number of nitrogens with two attached hydrogens (primary N) is 1. The summed E-state index contributed by atoms with van der Waals surface area (Å²) in [7, 11) is 0. The van der Waals surface area contributed by atoms with Crippen LogP contribution in [0.2, 0.25) is 0 Å². The number of hydrogen-bond acceptors (Lipinski definition) is 6. The maximum Gasteiger partial charge on any atom is 0.165 e. The van der Waals surface area contributed by atoms with Crippen LogP contribution in [0, 0.1) is 29.6 Å². The molecule has 4 rings (SSSR count). The summed E-state index contributed by atoms with van der Waals surface area (Å²) in [6, 6.07) is 16.7. The van der Waals surface area contributed by atoms with Crippen molar-refractivity contribution in [3.63, 3.8) is 0 Å². The quantitative estimate of drug-likeness (QED) is 0.593. The Hall–Kier alpha value is -4.23. The lowest BCUT2D eigenvalue weighted by atomic mass is 9.98. The SMILES string of the molecule is Cc1ccc(-c2c(-c3cccc(C#N)c3)nn3ccc(N)nc23)c(C#N)n1. The van der Waals surface area contributed by atoms with Crippen LogP contribution in [0.5, 0.6) is 0 Å². The number of hydrogen-bond donors (Lipinski definition) is 1. The van der Waals surface area contributed by atoms with Gasteiger partial charge in [-0.25, -0.2) is 14.5 Å². The van der Waals surface area contributed by atoms with Gasteiger partial charge < -0.3 is 5.73 Å². The smallest absolute Gasteiger partial charge is 0.165 e. The van der Waals surface area contributed by atoms with E-state index in [0.29, 0.717) is 33.8 Å². The molecule has 0 unspecified atom stereocenters. The van der Waals surface area contributed by atoms with Crippen molar-refractivity contribution in [3.05, 3.63) is 65.6 Å². The minimum Gasteiger partial charge on any atom is -0.384 e. The van der Waals surface area contributed by atoms with Crippen molar-refractivity contribution in [3.8, 4) is 34.5 Å². The van der Waals surface area contributed by atoms with Gasteiger partial charge in [-0.3, -0.25) is 0 Å². The lowest BCUT2D eigenvalue weighted by molar-refractivity contribution is 0.945. The minimum atomic E-state index is 0.284. The van der Waals surface area contributed by atoms with Crippen LogP contribution >= 0.6 is 0 Å². The van der Waals surface area contributed by atoms with E-state index < -0.39 is 0 Å². The van der Waals surface area contributed by atoms with Crippen LogP contribution in [-0.4, -0.2) is 19.6 Å². The molecular weight excluding hydrogens is 338 g/mol. The Kier molecular flexibility index (Phi) is 3.76. The summed E-state index contributed by atoms with van der Waals surface area (Å²) >= 11 is 0. The summed E-state index contributed by atoms with van der Waals surface area (Å²) in [6.07, 6.45) is 1.71. The second-order valence-electron chi connectivity index (χ2n) is 6.00. The number of aryl methyl sites for hydroxylation is 1. The summed E-state index contributed by atoms with van der Waals surface area (Å²) < 4.78 is 1.61. The average Bonchev–Trinajstić information content (AvgIpc) is 3.06. The van der Waals surface area contributed by atoms with Crippen LogP contribution in [0.15, 0.2) is 48.7 Å². The number of nitrogen functional groups attached to an aromatic ring is 1. The first kappa shape index (κ1) is 16.2. The standard InChI is InChI=1S/C20H13N7/c1-12-5-6-15(16(11-22)24-12)18-19(14-4-2-3-13(9-14)10-21)26-27-8-7-17(23)25-20(18)27/h2-9H,1H3,(H2,23,25). The molecule has 0 atom stereocenters. The fourth-order valence-electron chi connectivity index (χ4n) is 2.97. The topological polar surface area (TPSA) is 117 Å². The molecular formula is C20H13N7. The second-order valence-corrected chi connectivity index (χ2v) is 6.00. The Morgan fingerprint density at radius 1 is 1.04 bits per heavy atom. The molecule has 7 nitrogen and oxygen atoms in total. The summed E-state index contributed by atoms with van der Waals surface area (Å²) in [5, 5.41) is 23.4. The summed E-state index contributed by atoms with van der Waals surface area (Å²) in [4.78, 5) is 8.75. The minimum absolute atomic E-state index is 0.284. The van der Waals surface area contributed by atoms with Gasteiger partial charge in [0.05, 0.1) is 17.2 Å². The van der Waals surface area contributed by atoms with E-state index in [9.17, 15) is 10.5 Å². The van der Waals surface area contributed by atoms with Gasteiger partial charge in [0, 0.05) is 23.0 Å². The lowest BCUT2D eigenvalue weighted by Crippen LogP contribution is -1.96. The zero-order chi connectivity index (χ0) is 19.0. The fraction of sp³-hybridized carbons (Fsp3) is 0.0500. The normalized spacial score (nSPS) is 10.5. The Balaban J connectivity index is 2.11. The number of anilines is 1. The van der Waals surface area contributed by atoms with Crippen LogP contribution in [0.4, 0.5) is 5.82 Å². The summed E-state index contributed by atoms with van der Waals surface area (Å²) in [5.74, 6) is 0.347. The van der Waals surface area contributed by atoms with Gasteiger partial charge in [-0.1, -0.05) is 12.1 Å². The molecule has 3 heterocycles. The first-order valence-electron chi connectivity index (χ1n) is 8.14. The first-order valence-corrected chi connectivity index (χ1v) is 8.14. The number of aromatic nitrogens is 4. The number of pyridine rings is 1. The molecule has 0 saturated heterocycles. The second kappa shape index (κ2) is 6.25. The van der Waals surface area contributed by atoms with Crippen LogP contribution in [0.25, 0.3) is 28.0 Å². The molecule has 27 heavy (non-hydrogen) atoms. The summed E-state index contributed by atoms with van der Waals surface area (Å²) in [5.41, 5.74) is 10.6. The van der Waals surface area contributed by atoms with Crippen molar-refractivity contribution in [2.75, 3.05) is 5.73 Å². The molecule has 0 amide bonds. The zero-order valence-corrected chi connectivity index (χ0v) is 14.4. The van der Waals surface area contributed by atoms with Crippen LogP contribution < -0.4 is 5.73 Å². The number of rotatable bonds is 2. The third kappa shape index (κ3) is 2.74. The van der Waals surface area contributed by atoms with Crippen molar-refractivity contribution in [2.45, 2.75) is 6.92 Å². The fourth-order valence-corrected chi connectivity index (χ4v) is 2.97. The van der Waals surface area contributed by atoms with Gasteiger partial charge in [-0.05, 0) is 37.3 Å². The Morgan fingerprint density at radius 2 is 1.89 bits per heavy atom. The third-order valence-electron chi connectivity index (χ3n) is 4.18. The van der Waals surface area contributed by atoms with Gasteiger partial charge in [-0.15, -0.1) is 0 Å². The van der Waals surface area contributed by atoms with E-state index in [2.05, 4.69) is 27.2 Å². The van der Waals surface area contributed by atoms with E-state index in [1.807, 2.05) is 25.1 Å². The molecule has 1 aromatic carbocycles. The highest BCUT2D eigenvalue weighted by Crippen LogP contribution is 2.36. The van der Waals surface area contributed by atoms with Crippen molar-refractivity contribution in [2.24, 2.45) is 0 Å². The molecule has 0 fully saturated rings. The van der Waals surface area contributed by atoms with Crippen LogP contribution in [-0.2, 0) is 0 Å². The largest absolute Gasteiger partial charge is 0.384 e. The van der Waals surface area contributed by atoms with Crippen molar-refractivity contribution >= 4 is 11.5 Å². The molecule has 128 valence electrons. The average molecular weight is 351 g/mol. The number of fused-ring (bicyclic) bond motifs is 1. The predicted octanol–water partition coefficient (Wildman–Crippen LogP) is 3.09. The maximum atomic E-state index is 9.58. The van der Waals surface area contributed by atoms with Gasteiger partial charge in [0.1, 0.15) is 23.3 Å².